The van der Waals surface area contributed by atoms with Gasteiger partial charge in [0.05, 0.1) is 0 Å². The van der Waals surface area contributed by atoms with Crippen LogP contribution < -0.4 is 0 Å². The van der Waals surface area contributed by atoms with E-state index in [0.29, 0.717) is 40.5 Å². The van der Waals surface area contributed by atoms with Crippen LogP contribution in [0, 0.1) is 5.92 Å². The summed E-state index contributed by atoms with van der Waals surface area (Å²) in [6, 6.07) is 15.0. The van der Waals surface area contributed by atoms with Crippen LogP contribution in [0.15, 0.2) is 59.9 Å². The van der Waals surface area contributed by atoms with Crippen molar-refractivity contribution in [2.24, 2.45) is 5.92 Å². The highest BCUT2D eigenvalue weighted by atomic mass is 35.5. The number of carbonyl (C=O) groups excluding carboxylic acids is 2. The highest BCUT2D eigenvalue weighted by Gasteiger charge is 2.39. The maximum Gasteiger partial charge on any atom is 0.310 e. The number of hydrogen-bond acceptors (Lipinski definition) is 5. The molecule has 0 spiro atoms. The number of carboxylic acid groups (broad SMARTS) is 1. The van der Waals surface area contributed by atoms with Crippen molar-refractivity contribution in [2.45, 2.75) is 95.5 Å². The number of Topliss-reactive ketones (excluding diaryl/α,β-unsaturated/α-hetero) is 1. The van der Waals surface area contributed by atoms with Crippen molar-refractivity contribution in [1.82, 2.24) is 0 Å². The molecular formula is C33H39ClO6. The molecule has 2 aliphatic carbocycles. The Morgan fingerprint density at radius 3 is 2.02 bits per heavy atom. The van der Waals surface area contributed by atoms with Gasteiger partial charge in [0, 0.05) is 29.0 Å². The Morgan fingerprint density at radius 1 is 0.800 bits per heavy atom. The molecule has 2 aliphatic rings. The number of carboxylic acids is 1. The van der Waals surface area contributed by atoms with Gasteiger partial charge >= 0.3 is 11.9 Å². The number of ether oxygens (including phenoxy) is 1. The van der Waals surface area contributed by atoms with E-state index < -0.39 is 18.0 Å². The minimum Gasteiger partial charge on any atom is -0.481 e. The van der Waals surface area contributed by atoms with Crippen LogP contribution in [0.3, 0.4) is 0 Å². The predicted octanol–water partition coefficient (Wildman–Crippen LogP) is 7.94. The molecule has 2 aromatic rings. The molecule has 2 aromatic carbocycles. The monoisotopic (exact) mass is 566 g/mol. The summed E-state index contributed by atoms with van der Waals surface area (Å²) in [4.78, 5) is 37.1. The average molecular weight is 567 g/mol. The maximum atomic E-state index is 13.7. The lowest BCUT2D eigenvalue weighted by atomic mass is 9.72. The standard InChI is InChI=1S/C33H39ClO6/c34-25-20-18-23(19-21-25)22-14-16-24(17-15-22)30-31(38)26-10-8-9-11-27(26)32(39)33(30)40-29(37)13-7-5-3-1-2-4-6-12-28(35)36/h8-11,18-22,24,32,39H,1-7,12-17H2,(H,35,36). The number of ketones is 1. The van der Waals surface area contributed by atoms with Gasteiger partial charge in [-0.2, -0.15) is 0 Å². The van der Waals surface area contributed by atoms with Crippen molar-refractivity contribution in [3.8, 4) is 0 Å². The fourth-order valence-electron chi connectivity index (χ4n) is 6.04. The van der Waals surface area contributed by atoms with Crippen LogP contribution in [0.25, 0.3) is 0 Å². The van der Waals surface area contributed by atoms with Gasteiger partial charge in [-0.25, -0.2) is 0 Å². The van der Waals surface area contributed by atoms with Crippen LogP contribution in [-0.4, -0.2) is 27.9 Å². The van der Waals surface area contributed by atoms with Crippen molar-refractivity contribution in [3.63, 3.8) is 0 Å². The zero-order valence-electron chi connectivity index (χ0n) is 22.9. The number of esters is 1. The molecule has 0 radical (unpaired) electrons. The van der Waals surface area contributed by atoms with Crippen LogP contribution >= 0.6 is 11.6 Å². The number of aliphatic hydroxyl groups excluding tert-OH is 1. The second-order valence-electron chi connectivity index (χ2n) is 11.0. The Morgan fingerprint density at radius 2 is 1.38 bits per heavy atom. The Hall–Kier alpha value is -2.96. The van der Waals surface area contributed by atoms with E-state index in [9.17, 15) is 19.5 Å². The van der Waals surface area contributed by atoms with Gasteiger partial charge in [0.15, 0.2) is 5.78 Å². The van der Waals surface area contributed by atoms with E-state index in [4.69, 9.17) is 21.4 Å². The van der Waals surface area contributed by atoms with Gasteiger partial charge in [0.2, 0.25) is 0 Å². The molecule has 0 bridgehead atoms. The number of aliphatic carboxylic acids is 1. The number of unbranched alkanes of at least 4 members (excludes halogenated alkanes) is 6. The zero-order valence-corrected chi connectivity index (χ0v) is 23.7. The van der Waals surface area contributed by atoms with Crippen molar-refractivity contribution < 1.29 is 29.3 Å². The van der Waals surface area contributed by atoms with Crippen molar-refractivity contribution >= 4 is 29.3 Å². The van der Waals surface area contributed by atoms with E-state index >= 15 is 0 Å². The van der Waals surface area contributed by atoms with Crippen LogP contribution in [0.1, 0.15) is 117 Å². The van der Waals surface area contributed by atoms with Crippen LogP contribution in [0.2, 0.25) is 5.02 Å². The molecule has 40 heavy (non-hydrogen) atoms. The van der Waals surface area contributed by atoms with E-state index in [0.717, 1.165) is 57.8 Å². The molecule has 1 atom stereocenters. The Labute approximate surface area is 241 Å². The highest BCUT2D eigenvalue weighted by Crippen LogP contribution is 2.45. The summed E-state index contributed by atoms with van der Waals surface area (Å²) in [5, 5.41) is 20.7. The van der Waals surface area contributed by atoms with Gasteiger partial charge in [-0.05, 0) is 73.6 Å². The Balaban J connectivity index is 1.37. The molecule has 0 saturated heterocycles. The summed E-state index contributed by atoms with van der Waals surface area (Å²) in [5.74, 6) is -0.912. The largest absolute Gasteiger partial charge is 0.481 e. The minimum atomic E-state index is -1.15. The predicted molar refractivity (Wildman–Crippen MR) is 154 cm³/mol. The number of hydrogen-bond donors (Lipinski definition) is 2. The fourth-order valence-corrected chi connectivity index (χ4v) is 6.16. The quantitative estimate of drug-likeness (QED) is 0.188. The molecule has 6 nitrogen and oxygen atoms in total. The Kier molecular flexibility index (Phi) is 11.0. The van der Waals surface area contributed by atoms with Crippen molar-refractivity contribution in [1.29, 1.82) is 0 Å². The molecule has 214 valence electrons. The van der Waals surface area contributed by atoms with Crippen LogP contribution in [0.4, 0.5) is 0 Å². The van der Waals surface area contributed by atoms with Gasteiger partial charge in [0.25, 0.3) is 0 Å². The normalized spacial score (nSPS) is 20.8. The van der Waals surface area contributed by atoms with Crippen LogP contribution in [0.5, 0.6) is 0 Å². The Bertz CT molecular complexity index is 1210. The lowest BCUT2D eigenvalue weighted by molar-refractivity contribution is -0.141. The number of benzene rings is 2. The molecule has 1 fully saturated rings. The van der Waals surface area contributed by atoms with Gasteiger partial charge in [-0.3, -0.25) is 14.4 Å². The van der Waals surface area contributed by atoms with Gasteiger partial charge in [0.1, 0.15) is 11.9 Å². The van der Waals surface area contributed by atoms with Crippen molar-refractivity contribution in [3.05, 3.63) is 81.6 Å². The first-order valence-corrected chi connectivity index (χ1v) is 15.0. The first-order chi connectivity index (χ1) is 19.3. The molecule has 1 saturated carbocycles. The molecule has 0 amide bonds. The average Bonchev–Trinajstić information content (AvgIpc) is 2.95. The molecule has 0 heterocycles. The van der Waals surface area contributed by atoms with Gasteiger partial charge in [-0.15, -0.1) is 0 Å². The van der Waals surface area contributed by atoms with E-state index in [1.54, 1.807) is 24.3 Å². The smallest absolute Gasteiger partial charge is 0.310 e. The van der Waals surface area contributed by atoms with Gasteiger partial charge in [-0.1, -0.05) is 80.1 Å². The summed E-state index contributed by atoms with van der Waals surface area (Å²) in [5.41, 5.74) is 2.66. The van der Waals surface area contributed by atoms with E-state index in [-0.39, 0.29) is 30.3 Å². The summed E-state index contributed by atoms with van der Waals surface area (Å²) < 4.78 is 5.80. The van der Waals surface area contributed by atoms with E-state index in [1.165, 1.54) is 5.56 Å². The number of rotatable bonds is 13. The lowest BCUT2D eigenvalue weighted by Gasteiger charge is -2.34. The second-order valence-corrected chi connectivity index (χ2v) is 11.5. The SMILES string of the molecule is O=C(O)CCCCCCCCCC(=O)OC1=C(C2CCC(c3ccc(Cl)cc3)CC2)C(=O)c2ccccc2C1O. The minimum absolute atomic E-state index is 0.0806. The first kappa shape index (κ1) is 30.0. The number of aliphatic hydroxyl groups is 1. The maximum absolute atomic E-state index is 13.7. The molecular weight excluding hydrogens is 528 g/mol. The lowest BCUT2D eigenvalue weighted by Crippen LogP contribution is -2.29. The van der Waals surface area contributed by atoms with Crippen LogP contribution in [-0.2, 0) is 14.3 Å². The highest BCUT2D eigenvalue weighted by molar-refractivity contribution is 6.30. The number of fused-ring (bicyclic) bond motifs is 1. The molecule has 2 N–H and O–H groups in total. The molecule has 0 aliphatic heterocycles. The molecule has 7 heteroatoms. The zero-order chi connectivity index (χ0) is 28.5. The fraction of sp³-hybridized carbons (Fsp3) is 0.485. The summed E-state index contributed by atoms with van der Waals surface area (Å²) in [6.45, 7) is 0. The molecule has 4 rings (SSSR count). The molecule has 1 unspecified atom stereocenters. The van der Waals surface area contributed by atoms with Gasteiger partial charge < -0.3 is 14.9 Å². The number of halogens is 1. The van der Waals surface area contributed by atoms with Crippen molar-refractivity contribution in [2.75, 3.05) is 0 Å². The third-order valence-electron chi connectivity index (χ3n) is 8.23. The topological polar surface area (TPSA) is 101 Å². The third kappa shape index (κ3) is 7.82. The summed E-state index contributed by atoms with van der Waals surface area (Å²) >= 11 is 6.06. The van der Waals surface area contributed by atoms with E-state index in [1.807, 2.05) is 12.1 Å². The summed E-state index contributed by atoms with van der Waals surface area (Å²) in [7, 11) is 0. The second kappa shape index (κ2) is 14.6. The molecule has 0 aromatic heterocycles. The number of carbonyl (C=O) groups is 3. The third-order valence-corrected chi connectivity index (χ3v) is 8.48. The summed E-state index contributed by atoms with van der Waals surface area (Å²) in [6.07, 6.45) is 8.76. The van der Waals surface area contributed by atoms with E-state index in [2.05, 4.69) is 12.1 Å². The number of allylic oxidation sites excluding steroid dienone is 1. The first-order valence-electron chi connectivity index (χ1n) is 14.6.